The molecule has 2 amide bonds. The van der Waals surface area contributed by atoms with Crippen LogP contribution in [0.3, 0.4) is 0 Å². The van der Waals surface area contributed by atoms with Gasteiger partial charge in [-0.2, -0.15) is 0 Å². The summed E-state index contributed by atoms with van der Waals surface area (Å²) in [6.07, 6.45) is 1.59. The molecule has 0 radical (unpaired) electrons. The van der Waals surface area contributed by atoms with E-state index in [4.69, 9.17) is 4.74 Å². The highest BCUT2D eigenvalue weighted by molar-refractivity contribution is 5.79. The van der Waals surface area contributed by atoms with Crippen molar-refractivity contribution in [2.45, 2.75) is 46.1 Å². The van der Waals surface area contributed by atoms with Crippen molar-refractivity contribution in [2.75, 3.05) is 26.3 Å². The number of hydrogen-bond donors (Lipinski definition) is 1. The summed E-state index contributed by atoms with van der Waals surface area (Å²) >= 11 is 0. The van der Waals surface area contributed by atoms with E-state index in [9.17, 15) is 9.59 Å². The summed E-state index contributed by atoms with van der Waals surface area (Å²) in [4.78, 5) is 25.3. The number of hydrogen-bond acceptors (Lipinski definition) is 3. The van der Waals surface area contributed by atoms with Crippen molar-refractivity contribution in [1.29, 1.82) is 0 Å². The molecular weight excluding hydrogens is 244 g/mol. The van der Waals surface area contributed by atoms with Crippen LogP contribution in [0.15, 0.2) is 0 Å². The molecule has 1 aliphatic rings. The van der Waals surface area contributed by atoms with E-state index in [0.717, 1.165) is 12.8 Å². The second-order valence-corrected chi connectivity index (χ2v) is 6.02. The molecule has 1 aliphatic heterocycles. The van der Waals surface area contributed by atoms with Gasteiger partial charge in [-0.15, -0.1) is 0 Å². The second kappa shape index (κ2) is 6.89. The molecule has 1 rings (SSSR count). The lowest BCUT2D eigenvalue weighted by atomic mass is 9.99. The zero-order chi connectivity index (χ0) is 14.5. The van der Waals surface area contributed by atoms with Crippen molar-refractivity contribution in [2.24, 2.45) is 5.92 Å². The first-order valence-electron chi connectivity index (χ1n) is 6.96. The maximum atomic E-state index is 11.9. The fraction of sp³-hybridized carbons (Fsp3) is 0.857. The summed E-state index contributed by atoms with van der Waals surface area (Å²) < 4.78 is 5.24. The molecule has 110 valence electrons. The molecule has 5 nitrogen and oxygen atoms in total. The van der Waals surface area contributed by atoms with Gasteiger partial charge >= 0.3 is 0 Å². The van der Waals surface area contributed by atoms with Crippen LogP contribution in [-0.2, 0) is 14.3 Å². The van der Waals surface area contributed by atoms with Gasteiger partial charge in [0.15, 0.2) is 0 Å². The minimum absolute atomic E-state index is 0.0350. The molecule has 0 aromatic heterocycles. The molecule has 0 spiro atoms. The maximum absolute atomic E-state index is 11.9. The van der Waals surface area contributed by atoms with Gasteiger partial charge in [0.05, 0.1) is 0 Å². The van der Waals surface area contributed by atoms with E-state index in [2.05, 4.69) is 5.32 Å². The van der Waals surface area contributed by atoms with Gasteiger partial charge < -0.3 is 15.0 Å². The Bertz CT molecular complexity index is 317. The number of carbonyl (C=O) groups is 2. The van der Waals surface area contributed by atoms with Gasteiger partial charge in [0.1, 0.15) is 0 Å². The molecule has 19 heavy (non-hydrogen) atoms. The molecule has 0 aromatic carbocycles. The van der Waals surface area contributed by atoms with Gasteiger partial charge in [-0.1, -0.05) is 0 Å². The van der Waals surface area contributed by atoms with Crippen LogP contribution < -0.4 is 5.32 Å². The number of nitrogens with one attached hydrogen (secondary N) is 1. The molecule has 1 saturated heterocycles. The summed E-state index contributed by atoms with van der Waals surface area (Å²) in [6, 6.07) is 0. The van der Waals surface area contributed by atoms with E-state index in [1.165, 1.54) is 0 Å². The summed E-state index contributed by atoms with van der Waals surface area (Å²) in [5.74, 6) is 0.183. The average molecular weight is 270 g/mol. The fourth-order valence-electron chi connectivity index (χ4n) is 2.36. The van der Waals surface area contributed by atoms with Gasteiger partial charge in [-0.25, -0.2) is 0 Å². The zero-order valence-corrected chi connectivity index (χ0v) is 12.5. The quantitative estimate of drug-likeness (QED) is 0.834. The Balaban J connectivity index is 2.35. The Labute approximate surface area is 115 Å². The van der Waals surface area contributed by atoms with Crippen LogP contribution in [0.4, 0.5) is 0 Å². The number of rotatable bonds is 4. The highest BCUT2D eigenvalue weighted by Crippen LogP contribution is 2.15. The zero-order valence-electron chi connectivity index (χ0n) is 12.5. The predicted octanol–water partition coefficient (Wildman–Crippen LogP) is 1.18. The maximum Gasteiger partial charge on any atom is 0.223 e. The molecule has 1 N–H and O–H groups in total. The van der Waals surface area contributed by atoms with E-state index < -0.39 is 0 Å². The second-order valence-electron chi connectivity index (χ2n) is 6.02. The van der Waals surface area contributed by atoms with Gasteiger partial charge in [-0.05, 0) is 33.6 Å². The Morgan fingerprint density at radius 1 is 1.26 bits per heavy atom. The molecule has 0 unspecified atom stereocenters. The number of amides is 2. The molecule has 0 saturated carbocycles. The minimum atomic E-state index is -0.213. The van der Waals surface area contributed by atoms with E-state index >= 15 is 0 Å². The fourth-order valence-corrected chi connectivity index (χ4v) is 2.36. The van der Waals surface area contributed by atoms with Crippen molar-refractivity contribution in [3.05, 3.63) is 0 Å². The monoisotopic (exact) mass is 270 g/mol. The van der Waals surface area contributed by atoms with Crippen LogP contribution in [0.25, 0.3) is 0 Å². The van der Waals surface area contributed by atoms with Crippen molar-refractivity contribution in [3.8, 4) is 0 Å². The van der Waals surface area contributed by atoms with Crippen LogP contribution in [0, 0.1) is 5.92 Å². The molecule has 0 atom stereocenters. The predicted molar refractivity (Wildman–Crippen MR) is 73.7 cm³/mol. The lowest BCUT2D eigenvalue weighted by Crippen LogP contribution is -2.48. The highest BCUT2D eigenvalue weighted by Gasteiger charge is 2.24. The van der Waals surface area contributed by atoms with Gasteiger partial charge in [-0.3, -0.25) is 9.59 Å². The van der Waals surface area contributed by atoms with Crippen LogP contribution in [0.2, 0.25) is 0 Å². The Hall–Kier alpha value is -1.10. The molecule has 1 fully saturated rings. The van der Waals surface area contributed by atoms with Gasteiger partial charge in [0.2, 0.25) is 11.8 Å². The summed E-state index contributed by atoms with van der Waals surface area (Å²) in [7, 11) is 0. The third-order valence-electron chi connectivity index (χ3n) is 3.42. The first-order valence-corrected chi connectivity index (χ1v) is 6.96. The molecule has 0 aliphatic carbocycles. The Morgan fingerprint density at radius 3 is 2.32 bits per heavy atom. The Kier molecular flexibility index (Phi) is 5.79. The SMILES string of the molecule is CC(=O)N(CCNC(=O)C1CCOCC1)C(C)(C)C. The normalized spacial score (nSPS) is 17.1. The number of carbonyl (C=O) groups excluding carboxylic acids is 2. The van der Waals surface area contributed by atoms with E-state index in [1.54, 1.807) is 11.8 Å². The third-order valence-corrected chi connectivity index (χ3v) is 3.42. The average Bonchev–Trinajstić information content (AvgIpc) is 2.33. The minimum Gasteiger partial charge on any atom is -0.381 e. The molecule has 0 bridgehead atoms. The first kappa shape index (κ1) is 16.0. The number of ether oxygens (including phenoxy) is 1. The smallest absolute Gasteiger partial charge is 0.223 e. The van der Waals surface area contributed by atoms with Crippen molar-refractivity contribution < 1.29 is 14.3 Å². The van der Waals surface area contributed by atoms with Crippen molar-refractivity contribution in [1.82, 2.24) is 10.2 Å². The standard InChI is InChI=1S/C14H26N2O3/c1-11(17)16(14(2,3)4)8-7-15-13(18)12-5-9-19-10-6-12/h12H,5-10H2,1-4H3,(H,15,18). The van der Waals surface area contributed by atoms with Gasteiger partial charge in [0, 0.05) is 44.7 Å². The lowest BCUT2D eigenvalue weighted by Gasteiger charge is -2.35. The van der Waals surface area contributed by atoms with E-state index in [-0.39, 0.29) is 23.3 Å². The van der Waals surface area contributed by atoms with E-state index in [0.29, 0.717) is 26.3 Å². The lowest BCUT2D eigenvalue weighted by molar-refractivity contribution is -0.134. The highest BCUT2D eigenvalue weighted by atomic mass is 16.5. The van der Waals surface area contributed by atoms with Crippen molar-refractivity contribution in [3.63, 3.8) is 0 Å². The summed E-state index contributed by atoms with van der Waals surface area (Å²) in [5, 5.41) is 2.92. The van der Waals surface area contributed by atoms with Crippen LogP contribution in [0.1, 0.15) is 40.5 Å². The number of nitrogens with zero attached hydrogens (tertiary/aromatic N) is 1. The van der Waals surface area contributed by atoms with Crippen LogP contribution in [-0.4, -0.2) is 48.6 Å². The molecule has 0 aromatic rings. The summed E-state index contributed by atoms with van der Waals surface area (Å²) in [5.41, 5.74) is -0.213. The van der Waals surface area contributed by atoms with Crippen molar-refractivity contribution >= 4 is 11.8 Å². The topological polar surface area (TPSA) is 58.6 Å². The van der Waals surface area contributed by atoms with Gasteiger partial charge in [0.25, 0.3) is 0 Å². The largest absolute Gasteiger partial charge is 0.381 e. The molecular formula is C14H26N2O3. The first-order chi connectivity index (χ1) is 8.82. The van der Waals surface area contributed by atoms with Crippen LogP contribution >= 0.6 is 0 Å². The molecule has 1 heterocycles. The van der Waals surface area contributed by atoms with E-state index in [1.807, 2.05) is 20.8 Å². The Morgan fingerprint density at radius 2 is 1.84 bits per heavy atom. The van der Waals surface area contributed by atoms with Crippen LogP contribution in [0.5, 0.6) is 0 Å². The summed E-state index contributed by atoms with van der Waals surface area (Å²) in [6.45, 7) is 9.93. The third kappa shape index (κ3) is 5.19. The molecule has 5 heteroatoms.